The van der Waals surface area contributed by atoms with E-state index in [4.69, 9.17) is 20.5 Å². The molecule has 9 nitrogen and oxygen atoms in total. The summed E-state index contributed by atoms with van der Waals surface area (Å²) in [6, 6.07) is 5.79. The van der Waals surface area contributed by atoms with E-state index in [1.165, 1.54) is 29.4 Å². The predicted octanol–water partition coefficient (Wildman–Crippen LogP) is 0.498. The monoisotopic (exact) mass is 407 g/mol. The molecule has 0 bridgehead atoms. The first-order chi connectivity index (χ1) is 13.2. The molecule has 0 radical (unpaired) electrons. The van der Waals surface area contributed by atoms with Crippen molar-refractivity contribution in [1.29, 1.82) is 5.26 Å². The number of nitrogens with two attached hydrogens (primary N) is 1. The third-order valence-electron chi connectivity index (χ3n) is 4.16. The van der Waals surface area contributed by atoms with Gasteiger partial charge >= 0.3 is 5.97 Å². The molecule has 1 aliphatic rings. The second-order valence-electron chi connectivity index (χ2n) is 6.16. The molecule has 2 rings (SSSR count). The summed E-state index contributed by atoms with van der Waals surface area (Å²) in [6.45, 7) is 3.40. The van der Waals surface area contributed by atoms with Crippen molar-refractivity contribution >= 4 is 21.8 Å². The summed E-state index contributed by atoms with van der Waals surface area (Å²) in [5.41, 5.74) is 5.70. The van der Waals surface area contributed by atoms with Gasteiger partial charge in [0.1, 0.15) is 11.6 Å². The molecule has 1 aromatic rings. The van der Waals surface area contributed by atoms with Gasteiger partial charge in [-0.15, -0.1) is 0 Å². The number of allylic oxidation sites excluding steroid dienone is 1. The number of rotatable bonds is 6. The van der Waals surface area contributed by atoms with Crippen molar-refractivity contribution in [3.8, 4) is 6.07 Å². The molecule has 1 heterocycles. The fraction of sp³-hybridized carbons (Fsp3) is 0.389. The normalized spacial score (nSPS) is 16.0. The molecule has 0 spiro atoms. The van der Waals surface area contributed by atoms with Crippen LogP contribution in [-0.4, -0.2) is 57.4 Å². The van der Waals surface area contributed by atoms with E-state index in [0.717, 1.165) is 0 Å². The molecule has 0 unspecified atom stereocenters. The Labute approximate surface area is 163 Å². The molecular formula is C18H21N3O6S. The van der Waals surface area contributed by atoms with Gasteiger partial charge in [-0.25, -0.2) is 13.2 Å². The number of carbonyl (C=O) groups excluding carboxylic acids is 2. The van der Waals surface area contributed by atoms with Gasteiger partial charge in [-0.1, -0.05) is 6.07 Å². The van der Waals surface area contributed by atoms with Crippen molar-refractivity contribution in [1.82, 2.24) is 4.31 Å². The van der Waals surface area contributed by atoms with Crippen molar-refractivity contribution in [2.75, 3.05) is 32.9 Å². The van der Waals surface area contributed by atoms with Gasteiger partial charge < -0.3 is 15.2 Å². The molecule has 1 aliphatic heterocycles. The molecule has 28 heavy (non-hydrogen) atoms. The minimum absolute atomic E-state index is 0.0223. The lowest BCUT2D eigenvalue weighted by atomic mass is 10.1. The number of nitriles is 1. The van der Waals surface area contributed by atoms with Crippen LogP contribution in [0.1, 0.15) is 22.8 Å². The molecule has 1 saturated heterocycles. The predicted molar refractivity (Wildman–Crippen MR) is 98.5 cm³/mol. The molecule has 10 heteroatoms. The zero-order valence-corrected chi connectivity index (χ0v) is 16.4. The molecule has 1 aromatic carbocycles. The number of carbonyl (C=O) groups is 2. The number of Topliss-reactive ketones (excluding diaryl/α,β-unsaturated/α-hetero) is 1. The Balaban J connectivity index is 2.21. The number of nitrogens with zero attached hydrogens (tertiary/aromatic N) is 2. The van der Waals surface area contributed by atoms with E-state index in [1.807, 2.05) is 0 Å². The average molecular weight is 407 g/mol. The van der Waals surface area contributed by atoms with Crippen LogP contribution in [0.2, 0.25) is 0 Å². The standard InChI is InChI=1S/C18H21N3O6S/c1-12-3-4-14(28(24,25)21-5-7-26-8-6-21)9-15(12)18(23)27-11-17(22)16(10-19)13(2)20/h3-4,9H,5-8,11,20H2,1-2H3/b16-13+. The smallest absolute Gasteiger partial charge is 0.338 e. The number of hydrogen-bond donors (Lipinski definition) is 1. The zero-order chi connectivity index (χ0) is 20.9. The molecule has 150 valence electrons. The highest BCUT2D eigenvalue weighted by molar-refractivity contribution is 7.89. The van der Waals surface area contributed by atoms with Gasteiger partial charge in [-0.05, 0) is 31.5 Å². The SMILES string of the molecule is C/C(N)=C(/C#N)C(=O)COC(=O)c1cc(S(=O)(=O)N2CCOCC2)ccc1C. The third kappa shape index (κ3) is 4.75. The molecule has 0 amide bonds. The van der Waals surface area contributed by atoms with E-state index >= 15 is 0 Å². The highest BCUT2D eigenvalue weighted by Crippen LogP contribution is 2.21. The Morgan fingerprint density at radius 2 is 1.96 bits per heavy atom. The fourth-order valence-corrected chi connectivity index (χ4v) is 4.00. The van der Waals surface area contributed by atoms with E-state index in [1.54, 1.807) is 13.0 Å². The van der Waals surface area contributed by atoms with Gasteiger partial charge in [0.2, 0.25) is 15.8 Å². The fourth-order valence-electron chi connectivity index (χ4n) is 2.57. The largest absolute Gasteiger partial charge is 0.454 e. The van der Waals surface area contributed by atoms with Gasteiger partial charge in [0.25, 0.3) is 0 Å². The number of morpholine rings is 1. The van der Waals surface area contributed by atoms with Crippen LogP contribution in [0, 0.1) is 18.3 Å². The van der Waals surface area contributed by atoms with E-state index in [9.17, 15) is 18.0 Å². The number of hydrogen-bond acceptors (Lipinski definition) is 8. The van der Waals surface area contributed by atoms with Gasteiger partial charge in [-0.3, -0.25) is 4.79 Å². The van der Waals surface area contributed by atoms with E-state index < -0.39 is 28.4 Å². The van der Waals surface area contributed by atoms with Crippen molar-refractivity contribution in [3.63, 3.8) is 0 Å². The zero-order valence-electron chi connectivity index (χ0n) is 15.6. The summed E-state index contributed by atoms with van der Waals surface area (Å²) in [4.78, 5) is 24.2. The van der Waals surface area contributed by atoms with Crippen LogP contribution in [0.4, 0.5) is 0 Å². The Bertz CT molecular complexity index is 952. The highest BCUT2D eigenvalue weighted by Gasteiger charge is 2.27. The molecule has 0 atom stereocenters. The number of aryl methyl sites for hydroxylation is 1. The first-order valence-corrected chi connectivity index (χ1v) is 9.87. The molecular weight excluding hydrogens is 386 g/mol. The molecule has 0 saturated carbocycles. The molecule has 0 aliphatic carbocycles. The summed E-state index contributed by atoms with van der Waals surface area (Å²) >= 11 is 0. The average Bonchev–Trinajstić information content (AvgIpc) is 2.67. The minimum atomic E-state index is -3.78. The number of sulfonamides is 1. The maximum absolute atomic E-state index is 12.8. The Morgan fingerprint density at radius 3 is 2.54 bits per heavy atom. The Morgan fingerprint density at radius 1 is 1.32 bits per heavy atom. The van der Waals surface area contributed by atoms with Crippen LogP contribution in [0.25, 0.3) is 0 Å². The third-order valence-corrected chi connectivity index (χ3v) is 6.05. The van der Waals surface area contributed by atoms with Crippen molar-refractivity contribution in [2.45, 2.75) is 18.7 Å². The lowest BCUT2D eigenvalue weighted by molar-refractivity contribution is -0.118. The second kappa shape index (κ2) is 8.97. The summed E-state index contributed by atoms with van der Waals surface area (Å²) in [7, 11) is -3.78. The van der Waals surface area contributed by atoms with Crippen molar-refractivity contribution in [2.24, 2.45) is 5.73 Å². The summed E-state index contributed by atoms with van der Waals surface area (Å²) in [5, 5.41) is 8.91. The van der Waals surface area contributed by atoms with Crippen LogP contribution in [0.3, 0.4) is 0 Å². The van der Waals surface area contributed by atoms with Crippen LogP contribution < -0.4 is 5.73 Å². The summed E-state index contributed by atoms with van der Waals surface area (Å²) < 4.78 is 36.9. The first kappa shape index (κ1) is 21.6. The summed E-state index contributed by atoms with van der Waals surface area (Å²) in [6.07, 6.45) is 0. The van der Waals surface area contributed by atoms with Crippen molar-refractivity contribution in [3.05, 3.63) is 40.6 Å². The van der Waals surface area contributed by atoms with Gasteiger partial charge in [-0.2, -0.15) is 9.57 Å². The number of esters is 1. The maximum Gasteiger partial charge on any atom is 0.338 e. The lowest BCUT2D eigenvalue weighted by Gasteiger charge is -2.26. The Hall–Kier alpha value is -2.74. The van der Waals surface area contributed by atoms with Crippen molar-refractivity contribution < 1.29 is 27.5 Å². The molecule has 2 N–H and O–H groups in total. The minimum Gasteiger partial charge on any atom is -0.454 e. The maximum atomic E-state index is 12.8. The number of ether oxygens (including phenoxy) is 2. The number of ketones is 1. The lowest BCUT2D eigenvalue weighted by Crippen LogP contribution is -2.40. The van der Waals surface area contributed by atoms with Crippen LogP contribution >= 0.6 is 0 Å². The van der Waals surface area contributed by atoms with E-state index in [0.29, 0.717) is 18.8 Å². The van der Waals surface area contributed by atoms with Crippen LogP contribution in [0.5, 0.6) is 0 Å². The second-order valence-corrected chi connectivity index (χ2v) is 8.10. The van der Waals surface area contributed by atoms with Gasteiger partial charge in [0, 0.05) is 18.8 Å². The quantitative estimate of drug-likeness (QED) is 0.408. The highest BCUT2D eigenvalue weighted by atomic mass is 32.2. The topological polar surface area (TPSA) is 140 Å². The van der Waals surface area contributed by atoms with Gasteiger partial charge in [0.05, 0.1) is 23.7 Å². The molecule has 1 fully saturated rings. The molecule has 0 aromatic heterocycles. The first-order valence-electron chi connectivity index (χ1n) is 8.43. The number of benzene rings is 1. The van der Waals surface area contributed by atoms with Crippen LogP contribution in [0.15, 0.2) is 34.4 Å². The Kier molecular flexibility index (Phi) is 6.90. The van der Waals surface area contributed by atoms with E-state index in [2.05, 4.69) is 0 Å². The van der Waals surface area contributed by atoms with Crippen LogP contribution in [-0.2, 0) is 24.3 Å². The van der Waals surface area contributed by atoms with E-state index in [-0.39, 0.29) is 34.8 Å². The summed E-state index contributed by atoms with van der Waals surface area (Å²) in [5.74, 6) is -1.59. The van der Waals surface area contributed by atoms with Gasteiger partial charge in [0.15, 0.2) is 6.61 Å².